The van der Waals surface area contributed by atoms with E-state index < -0.39 is 0 Å². The molecule has 1 saturated heterocycles. The fraction of sp³-hybridized carbons (Fsp3) is 0.158. The lowest BCUT2D eigenvalue weighted by Gasteiger charge is -2.12. The maximum absolute atomic E-state index is 12.3. The third-order valence-corrected chi connectivity index (χ3v) is 6.64. The number of carbonyl (C=O) groups is 1. The van der Waals surface area contributed by atoms with Gasteiger partial charge in [-0.3, -0.25) is 14.7 Å². The average molecular weight is 521 g/mol. The van der Waals surface area contributed by atoms with E-state index >= 15 is 0 Å². The van der Waals surface area contributed by atoms with Crippen LogP contribution in [0.3, 0.4) is 0 Å². The van der Waals surface area contributed by atoms with E-state index in [2.05, 4.69) is 20.9 Å². The highest BCUT2D eigenvalue weighted by atomic mass is 79.9. The van der Waals surface area contributed by atoms with E-state index in [9.17, 15) is 4.79 Å². The molecule has 1 amide bonds. The van der Waals surface area contributed by atoms with Gasteiger partial charge in [0.05, 0.1) is 24.4 Å². The minimum Gasteiger partial charge on any atom is -0.486 e. The van der Waals surface area contributed by atoms with Crippen LogP contribution in [0.15, 0.2) is 44.7 Å². The fourth-order valence-corrected chi connectivity index (χ4v) is 4.72. The molecule has 9 heteroatoms. The van der Waals surface area contributed by atoms with Crippen molar-refractivity contribution in [3.8, 4) is 5.75 Å². The van der Waals surface area contributed by atoms with Gasteiger partial charge in [0.15, 0.2) is 10.9 Å². The van der Waals surface area contributed by atoms with Gasteiger partial charge in [-0.1, -0.05) is 40.9 Å². The number of amidine groups is 1. The number of amides is 1. The number of benzene rings is 2. The molecule has 3 rings (SSSR count). The molecular formula is C19H14BrCl3N2O2S. The Morgan fingerprint density at radius 3 is 2.54 bits per heavy atom. The van der Waals surface area contributed by atoms with Crippen molar-refractivity contribution in [3.05, 3.63) is 65.9 Å². The summed E-state index contributed by atoms with van der Waals surface area (Å²) < 4.78 is 6.53. The number of rotatable bonds is 4. The zero-order valence-corrected chi connectivity index (χ0v) is 19.5. The van der Waals surface area contributed by atoms with E-state index in [1.54, 1.807) is 38.4 Å². The Bertz CT molecular complexity index is 988. The van der Waals surface area contributed by atoms with Crippen LogP contribution in [0.25, 0.3) is 6.08 Å². The van der Waals surface area contributed by atoms with Crippen molar-refractivity contribution in [3.63, 3.8) is 0 Å². The Kier molecular flexibility index (Phi) is 6.99. The maximum atomic E-state index is 12.3. The Labute approximate surface area is 190 Å². The van der Waals surface area contributed by atoms with Gasteiger partial charge in [0.1, 0.15) is 6.61 Å². The Balaban J connectivity index is 1.80. The van der Waals surface area contributed by atoms with Crippen LogP contribution < -0.4 is 4.74 Å². The van der Waals surface area contributed by atoms with Gasteiger partial charge in [0.2, 0.25) is 0 Å². The minimum atomic E-state index is -0.0993. The predicted octanol–water partition coefficient (Wildman–Crippen LogP) is 6.52. The number of likely N-dealkylation sites (N-methyl/N-ethyl adjacent to an activating group) is 1. The van der Waals surface area contributed by atoms with Gasteiger partial charge in [0, 0.05) is 14.1 Å². The van der Waals surface area contributed by atoms with Crippen molar-refractivity contribution in [1.29, 1.82) is 0 Å². The van der Waals surface area contributed by atoms with Gasteiger partial charge in [-0.15, -0.1) is 0 Å². The summed E-state index contributed by atoms with van der Waals surface area (Å²) in [4.78, 5) is 18.5. The van der Waals surface area contributed by atoms with Crippen molar-refractivity contribution in [2.45, 2.75) is 6.61 Å². The van der Waals surface area contributed by atoms with Gasteiger partial charge >= 0.3 is 0 Å². The monoisotopic (exact) mass is 518 g/mol. The molecule has 0 aliphatic carbocycles. The number of halogens is 4. The second kappa shape index (κ2) is 9.09. The second-order valence-electron chi connectivity index (χ2n) is 5.83. The van der Waals surface area contributed by atoms with E-state index in [0.717, 1.165) is 11.1 Å². The summed E-state index contributed by atoms with van der Waals surface area (Å²) in [6, 6.07) is 8.89. The van der Waals surface area contributed by atoms with Crippen LogP contribution in [0.4, 0.5) is 0 Å². The smallest absolute Gasteiger partial charge is 0.266 e. The van der Waals surface area contributed by atoms with Gasteiger partial charge in [-0.25, -0.2) is 0 Å². The molecule has 0 radical (unpaired) electrons. The number of thioether (sulfide) groups is 1. The summed E-state index contributed by atoms with van der Waals surface area (Å²) in [5.41, 5.74) is 1.64. The highest BCUT2D eigenvalue weighted by molar-refractivity contribution is 9.10. The molecule has 0 atom stereocenters. The molecule has 1 heterocycles. The van der Waals surface area contributed by atoms with Gasteiger partial charge in [-0.2, -0.15) is 0 Å². The molecule has 1 fully saturated rings. The average Bonchev–Trinajstić information content (AvgIpc) is 2.91. The second-order valence-corrected chi connectivity index (χ2v) is 8.92. The molecular weight excluding hydrogens is 507 g/mol. The summed E-state index contributed by atoms with van der Waals surface area (Å²) >= 11 is 23.2. The Morgan fingerprint density at radius 2 is 1.93 bits per heavy atom. The lowest BCUT2D eigenvalue weighted by Crippen LogP contribution is -2.23. The number of aliphatic imine (C=N–C) groups is 1. The molecule has 1 aliphatic heterocycles. The first-order valence-electron chi connectivity index (χ1n) is 8.00. The van der Waals surface area contributed by atoms with Crippen molar-refractivity contribution in [2.75, 3.05) is 14.1 Å². The molecule has 2 aromatic carbocycles. The number of hydrogen-bond donors (Lipinski definition) is 0. The van der Waals surface area contributed by atoms with Crippen LogP contribution in [-0.4, -0.2) is 30.1 Å². The van der Waals surface area contributed by atoms with E-state index in [0.29, 0.717) is 35.4 Å². The fourth-order valence-electron chi connectivity index (χ4n) is 2.49. The Morgan fingerprint density at radius 1 is 1.18 bits per heavy atom. The van der Waals surface area contributed by atoms with E-state index in [-0.39, 0.29) is 12.5 Å². The van der Waals surface area contributed by atoms with Crippen LogP contribution >= 0.6 is 62.5 Å². The predicted molar refractivity (Wildman–Crippen MR) is 122 cm³/mol. The highest BCUT2D eigenvalue weighted by Gasteiger charge is 2.29. The van der Waals surface area contributed by atoms with E-state index in [4.69, 9.17) is 39.5 Å². The van der Waals surface area contributed by atoms with Crippen molar-refractivity contribution < 1.29 is 9.53 Å². The molecule has 0 N–H and O–H groups in total. The quantitative estimate of drug-likeness (QED) is 0.431. The summed E-state index contributed by atoms with van der Waals surface area (Å²) in [5.74, 6) is 0.408. The van der Waals surface area contributed by atoms with Crippen LogP contribution in [0.2, 0.25) is 15.1 Å². The molecule has 0 spiro atoms. The van der Waals surface area contributed by atoms with E-state index in [1.807, 2.05) is 12.1 Å². The van der Waals surface area contributed by atoms with Gasteiger partial charge in [-0.05, 0) is 69.2 Å². The summed E-state index contributed by atoms with van der Waals surface area (Å²) in [6.45, 7) is 0.283. The zero-order valence-electron chi connectivity index (χ0n) is 14.8. The minimum absolute atomic E-state index is 0.0993. The molecule has 1 aliphatic rings. The number of hydrogen-bond acceptors (Lipinski definition) is 4. The molecule has 0 bridgehead atoms. The molecule has 0 saturated carbocycles. The first kappa shape index (κ1) is 21.5. The summed E-state index contributed by atoms with van der Waals surface area (Å²) in [6.07, 6.45) is 1.78. The maximum Gasteiger partial charge on any atom is 0.266 e. The van der Waals surface area contributed by atoms with Crippen LogP contribution in [0.1, 0.15) is 11.1 Å². The topological polar surface area (TPSA) is 41.9 Å². The first-order chi connectivity index (χ1) is 13.3. The zero-order chi connectivity index (χ0) is 20.4. The molecule has 146 valence electrons. The highest BCUT2D eigenvalue weighted by Crippen LogP contribution is 2.38. The molecule has 28 heavy (non-hydrogen) atoms. The van der Waals surface area contributed by atoms with Crippen LogP contribution in [0.5, 0.6) is 5.75 Å². The molecule has 4 nitrogen and oxygen atoms in total. The van der Waals surface area contributed by atoms with Gasteiger partial charge < -0.3 is 4.74 Å². The third kappa shape index (κ3) is 4.69. The first-order valence-corrected chi connectivity index (χ1v) is 10.7. The van der Waals surface area contributed by atoms with Crippen molar-refractivity contribution in [1.82, 2.24) is 4.90 Å². The van der Waals surface area contributed by atoms with Crippen molar-refractivity contribution >= 4 is 79.6 Å². The third-order valence-electron chi connectivity index (χ3n) is 3.88. The lowest BCUT2D eigenvalue weighted by molar-refractivity contribution is -0.121. The van der Waals surface area contributed by atoms with Gasteiger partial charge in [0.25, 0.3) is 5.91 Å². The number of carbonyl (C=O) groups excluding carboxylic acids is 1. The largest absolute Gasteiger partial charge is 0.486 e. The molecule has 2 aromatic rings. The number of ether oxygens (including phenoxy) is 1. The molecule has 0 unspecified atom stereocenters. The summed E-state index contributed by atoms with van der Waals surface area (Å²) in [5, 5.41) is 2.04. The van der Waals surface area contributed by atoms with Crippen LogP contribution in [-0.2, 0) is 11.4 Å². The summed E-state index contributed by atoms with van der Waals surface area (Å²) in [7, 11) is 3.35. The van der Waals surface area contributed by atoms with E-state index in [1.165, 1.54) is 16.7 Å². The normalized spacial score (nSPS) is 17.1. The standard InChI is InChI=1S/C19H14BrCl3N2O2S/c1-24-19-25(2)18(26)16(28-19)8-11-5-12(20)17(15(23)7-11)27-9-10-3-4-13(21)14(22)6-10/h3-8H,9H2,1-2H3/b16-8-,24-19?. The Hall–Kier alpha value is -1.18. The van der Waals surface area contributed by atoms with Crippen LogP contribution in [0, 0.1) is 0 Å². The van der Waals surface area contributed by atoms with Crippen molar-refractivity contribution in [2.24, 2.45) is 4.99 Å². The lowest BCUT2D eigenvalue weighted by atomic mass is 10.2. The SMILES string of the molecule is CN=C1S/C(=C\c2cc(Cl)c(OCc3ccc(Cl)c(Cl)c3)c(Br)c2)C(=O)N1C. The number of nitrogens with zero attached hydrogens (tertiary/aromatic N) is 2. The molecule has 0 aromatic heterocycles.